The zero-order valence-corrected chi connectivity index (χ0v) is 13.9. The smallest absolute Gasteiger partial charge is 0.231 e. The topological polar surface area (TPSA) is 105 Å². The van der Waals surface area contributed by atoms with E-state index >= 15 is 0 Å². The first-order chi connectivity index (χ1) is 12.2. The maximum absolute atomic E-state index is 12.4. The number of aromatic nitrogens is 1. The van der Waals surface area contributed by atoms with Gasteiger partial charge in [-0.2, -0.15) is 10.5 Å². The van der Waals surface area contributed by atoms with Crippen molar-refractivity contribution in [2.75, 3.05) is 25.0 Å². The molecule has 0 aliphatic carbocycles. The van der Waals surface area contributed by atoms with Crippen LogP contribution in [0.3, 0.4) is 0 Å². The number of nitrogen functional groups attached to an aromatic ring is 1. The summed E-state index contributed by atoms with van der Waals surface area (Å²) in [4.78, 5) is 4.16. The van der Waals surface area contributed by atoms with Gasteiger partial charge in [0.1, 0.15) is 28.5 Å². The Morgan fingerprint density at radius 2 is 1.96 bits per heavy atom. The molecule has 1 aliphatic heterocycles. The van der Waals surface area contributed by atoms with Crippen molar-refractivity contribution in [1.82, 2.24) is 4.98 Å². The number of pyridine rings is 1. The van der Waals surface area contributed by atoms with Crippen molar-refractivity contribution in [2.45, 2.75) is 11.4 Å². The highest BCUT2D eigenvalue weighted by Crippen LogP contribution is 2.40. The van der Waals surface area contributed by atoms with Gasteiger partial charge in [0.15, 0.2) is 11.5 Å². The summed E-state index contributed by atoms with van der Waals surface area (Å²) in [6.07, 6.45) is 0.344. The van der Waals surface area contributed by atoms with E-state index in [-0.39, 0.29) is 23.7 Å². The molecule has 0 bridgehead atoms. The van der Waals surface area contributed by atoms with Gasteiger partial charge in [-0.1, -0.05) is 6.07 Å². The molecule has 1 aromatic carbocycles. The van der Waals surface area contributed by atoms with E-state index in [1.807, 2.05) is 6.07 Å². The summed E-state index contributed by atoms with van der Waals surface area (Å²) in [5.41, 5.74) is 7.31. The van der Waals surface area contributed by atoms with Crippen LogP contribution in [0.15, 0.2) is 23.2 Å². The van der Waals surface area contributed by atoms with Crippen LogP contribution in [0.4, 0.5) is 10.2 Å². The van der Waals surface area contributed by atoms with Gasteiger partial charge in [0.25, 0.3) is 0 Å². The summed E-state index contributed by atoms with van der Waals surface area (Å²) in [5.74, 6) is 1.63. The van der Waals surface area contributed by atoms with Gasteiger partial charge in [0.2, 0.25) is 6.79 Å². The molecule has 0 spiro atoms. The number of rotatable bonds is 5. The van der Waals surface area contributed by atoms with E-state index < -0.39 is 6.67 Å². The number of nitrogens with two attached hydrogens (primary N) is 1. The number of halogens is 1. The highest BCUT2D eigenvalue weighted by Gasteiger charge is 2.22. The van der Waals surface area contributed by atoms with Crippen LogP contribution in [0, 0.1) is 22.7 Å². The molecule has 0 saturated heterocycles. The fourth-order valence-electron chi connectivity index (χ4n) is 2.47. The fraction of sp³-hybridized carbons (Fsp3) is 0.235. The molecule has 126 valence electrons. The van der Waals surface area contributed by atoms with E-state index in [9.17, 15) is 14.9 Å². The molecule has 0 fully saturated rings. The van der Waals surface area contributed by atoms with E-state index in [1.165, 1.54) is 11.8 Å². The summed E-state index contributed by atoms with van der Waals surface area (Å²) in [5, 5.41) is 19.5. The zero-order valence-electron chi connectivity index (χ0n) is 13.1. The fourth-order valence-corrected chi connectivity index (χ4v) is 3.37. The second-order valence-corrected chi connectivity index (χ2v) is 6.19. The lowest BCUT2D eigenvalue weighted by molar-refractivity contribution is 0.174. The molecule has 0 amide bonds. The number of anilines is 1. The van der Waals surface area contributed by atoms with Crippen molar-refractivity contribution >= 4 is 17.6 Å². The molecule has 6 nitrogen and oxygen atoms in total. The lowest BCUT2D eigenvalue weighted by Crippen LogP contribution is -2.03. The molecule has 3 rings (SSSR count). The Hall–Kier alpha value is -2.97. The van der Waals surface area contributed by atoms with Gasteiger partial charge in [-0.15, -0.1) is 11.8 Å². The van der Waals surface area contributed by atoms with Gasteiger partial charge >= 0.3 is 0 Å². The van der Waals surface area contributed by atoms with Crippen LogP contribution >= 0.6 is 11.8 Å². The number of fused-ring (bicyclic) bond motifs is 1. The first-order valence-electron chi connectivity index (χ1n) is 7.42. The first-order valence-corrected chi connectivity index (χ1v) is 8.40. The molecule has 0 atom stereocenters. The maximum atomic E-state index is 12.4. The third-order valence-corrected chi connectivity index (χ3v) is 4.66. The Bertz CT molecular complexity index is 905. The van der Waals surface area contributed by atoms with Crippen molar-refractivity contribution in [3.8, 4) is 34.8 Å². The van der Waals surface area contributed by atoms with E-state index in [2.05, 4.69) is 11.1 Å². The molecule has 25 heavy (non-hydrogen) atoms. The SMILES string of the molecule is N#Cc1c(N)nc(SCCCF)c(C#N)c1-c1ccc2c(c1)OCO2. The largest absolute Gasteiger partial charge is 0.454 e. The van der Waals surface area contributed by atoms with Crippen LogP contribution in [-0.2, 0) is 0 Å². The van der Waals surface area contributed by atoms with Crippen LogP contribution < -0.4 is 15.2 Å². The van der Waals surface area contributed by atoms with Crippen molar-refractivity contribution in [3.05, 3.63) is 29.3 Å². The monoisotopic (exact) mass is 356 g/mol. The van der Waals surface area contributed by atoms with Crippen LogP contribution in [-0.4, -0.2) is 24.2 Å². The Kier molecular flexibility index (Phi) is 4.92. The molecule has 0 saturated carbocycles. The molecule has 1 aromatic heterocycles. The van der Waals surface area contributed by atoms with E-state index in [1.54, 1.807) is 18.2 Å². The molecular formula is C17H13FN4O2S. The minimum absolute atomic E-state index is 0.0388. The standard InChI is InChI=1S/C17H13FN4O2S/c18-4-1-5-25-17-12(8-20)15(11(7-19)16(21)22-17)10-2-3-13-14(6-10)24-9-23-13/h2-3,6H,1,4-5,9H2,(H2,21,22). The van der Waals surface area contributed by atoms with Gasteiger partial charge in [-0.25, -0.2) is 4.98 Å². The summed E-state index contributed by atoms with van der Waals surface area (Å²) in [6.45, 7) is -0.326. The molecule has 8 heteroatoms. The van der Waals surface area contributed by atoms with Crippen molar-refractivity contribution in [2.24, 2.45) is 0 Å². The summed E-state index contributed by atoms with van der Waals surface area (Å²) in [7, 11) is 0. The predicted octanol–water partition coefficient (Wildman–Crippen LogP) is 3.25. The van der Waals surface area contributed by atoms with Gasteiger partial charge < -0.3 is 15.2 Å². The quantitative estimate of drug-likeness (QED) is 0.647. The van der Waals surface area contributed by atoms with Crippen LogP contribution in [0.25, 0.3) is 11.1 Å². The molecule has 2 aromatic rings. The minimum atomic E-state index is -0.449. The number of nitrogens with zero attached hydrogens (tertiary/aromatic N) is 3. The maximum Gasteiger partial charge on any atom is 0.231 e. The Balaban J connectivity index is 2.16. The van der Waals surface area contributed by atoms with Crippen molar-refractivity contribution in [1.29, 1.82) is 10.5 Å². The molecule has 0 unspecified atom stereocenters. The zero-order chi connectivity index (χ0) is 17.8. The number of hydrogen-bond acceptors (Lipinski definition) is 7. The Labute approximate surface area is 148 Å². The summed E-state index contributed by atoms with van der Waals surface area (Å²) in [6, 6.07) is 9.28. The third kappa shape index (κ3) is 3.17. The van der Waals surface area contributed by atoms with Crippen LogP contribution in [0.1, 0.15) is 17.5 Å². The number of thioether (sulfide) groups is 1. The van der Waals surface area contributed by atoms with E-state index in [4.69, 9.17) is 15.2 Å². The predicted molar refractivity (Wildman–Crippen MR) is 91.0 cm³/mol. The molecule has 1 aliphatic rings. The molecule has 0 radical (unpaired) electrons. The summed E-state index contributed by atoms with van der Waals surface area (Å²) >= 11 is 1.24. The van der Waals surface area contributed by atoms with Crippen molar-refractivity contribution in [3.63, 3.8) is 0 Å². The van der Waals surface area contributed by atoms with Gasteiger partial charge in [0, 0.05) is 11.3 Å². The third-order valence-electron chi connectivity index (χ3n) is 3.59. The summed E-state index contributed by atoms with van der Waals surface area (Å²) < 4.78 is 23.0. The number of benzene rings is 1. The first kappa shape index (κ1) is 16.9. The highest BCUT2D eigenvalue weighted by molar-refractivity contribution is 7.99. The Morgan fingerprint density at radius 3 is 2.68 bits per heavy atom. The lowest BCUT2D eigenvalue weighted by atomic mass is 9.96. The van der Waals surface area contributed by atoms with Gasteiger partial charge in [-0.3, -0.25) is 4.39 Å². The van der Waals surface area contributed by atoms with Gasteiger partial charge in [-0.05, 0) is 24.1 Å². The number of alkyl halides is 1. The lowest BCUT2D eigenvalue weighted by Gasteiger charge is -2.13. The van der Waals surface area contributed by atoms with E-state index in [0.29, 0.717) is 39.8 Å². The van der Waals surface area contributed by atoms with Crippen LogP contribution in [0.2, 0.25) is 0 Å². The number of ether oxygens (including phenoxy) is 2. The van der Waals surface area contributed by atoms with Crippen molar-refractivity contribution < 1.29 is 13.9 Å². The second-order valence-electron chi connectivity index (χ2n) is 5.11. The molecule has 2 heterocycles. The minimum Gasteiger partial charge on any atom is -0.454 e. The Morgan fingerprint density at radius 1 is 1.20 bits per heavy atom. The van der Waals surface area contributed by atoms with E-state index in [0.717, 1.165) is 0 Å². The highest BCUT2D eigenvalue weighted by atomic mass is 32.2. The number of nitriles is 2. The van der Waals surface area contributed by atoms with Crippen LogP contribution in [0.5, 0.6) is 11.5 Å². The normalized spacial score (nSPS) is 11.8. The molecular weight excluding hydrogens is 343 g/mol. The molecule has 2 N–H and O–H groups in total. The number of hydrogen-bond donors (Lipinski definition) is 1. The van der Waals surface area contributed by atoms with Gasteiger partial charge in [0.05, 0.1) is 12.2 Å². The second kappa shape index (κ2) is 7.29. The average molecular weight is 356 g/mol. The average Bonchev–Trinajstić information content (AvgIpc) is 3.09.